The number of anilines is 1. The van der Waals surface area contributed by atoms with Gasteiger partial charge in [0.2, 0.25) is 0 Å². The van der Waals surface area contributed by atoms with Crippen molar-refractivity contribution < 1.29 is 4.92 Å². The van der Waals surface area contributed by atoms with Crippen LogP contribution in [0.25, 0.3) is 0 Å². The molecule has 0 fully saturated rings. The standard InChI is InChI=1S/C16H17ClN2O2/c1-10-4-5-13(8-11(10)2)12(3)18-14-6-7-16(19(20)21)15(17)9-14/h4-9,12,18H,1-3H3. The molecule has 4 nitrogen and oxygen atoms in total. The molecule has 0 heterocycles. The van der Waals surface area contributed by atoms with E-state index in [0.717, 1.165) is 11.3 Å². The lowest BCUT2D eigenvalue weighted by Crippen LogP contribution is -2.07. The Bertz CT molecular complexity index is 686. The number of hydrogen-bond acceptors (Lipinski definition) is 3. The highest BCUT2D eigenvalue weighted by Gasteiger charge is 2.13. The topological polar surface area (TPSA) is 55.2 Å². The molecule has 0 aliphatic rings. The normalized spacial score (nSPS) is 12.0. The number of nitrogens with zero attached hydrogens (tertiary/aromatic N) is 1. The van der Waals surface area contributed by atoms with Gasteiger partial charge in [0.15, 0.2) is 0 Å². The van der Waals surface area contributed by atoms with Gasteiger partial charge in [0.05, 0.1) is 4.92 Å². The highest BCUT2D eigenvalue weighted by Crippen LogP contribution is 2.29. The molecule has 0 saturated heterocycles. The largest absolute Gasteiger partial charge is 0.378 e. The van der Waals surface area contributed by atoms with Crippen molar-refractivity contribution in [1.82, 2.24) is 0 Å². The third kappa shape index (κ3) is 3.52. The number of nitro benzene ring substituents is 1. The molecule has 1 N–H and O–H groups in total. The molecular weight excluding hydrogens is 288 g/mol. The molecule has 0 amide bonds. The van der Waals surface area contributed by atoms with Crippen LogP contribution in [0.1, 0.15) is 29.7 Å². The molecule has 0 spiro atoms. The number of nitrogens with one attached hydrogen (secondary N) is 1. The minimum Gasteiger partial charge on any atom is -0.378 e. The van der Waals surface area contributed by atoms with Crippen LogP contribution < -0.4 is 5.32 Å². The van der Waals surface area contributed by atoms with Gasteiger partial charge in [0, 0.05) is 17.8 Å². The molecule has 2 aromatic carbocycles. The summed E-state index contributed by atoms with van der Waals surface area (Å²) in [6, 6.07) is 11.1. The third-order valence-electron chi connectivity index (χ3n) is 3.56. The Morgan fingerprint density at radius 2 is 1.86 bits per heavy atom. The first-order valence-electron chi connectivity index (χ1n) is 6.66. The van der Waals surface area contributed by atoms with Gasteiger partial charge in [-0.25, -0.2) is 0 Å². The smallest absolute Gasteiger partial charge is 0.288 e. The average molecular weight is 305 g/mol. The zero-order valence-electron chi connectivity index (χ0n) is 12.2. The summed E-state index contributed by atoms with van der Waals surface area (Å²) in [5.74, 6) is 0. The van der Waals surface area contributed by atoms with Crippen LogP contribution in [0.5, 0.6) is 0 Å². The minimum atomic E-state index is -0.487. The van der Waals surface area contributed by atoms with Crippen LogP contribution in [0.3, 0.4) is 0 Å². The van der Waals surface area contributed by atoms with Crippen molar-refractivity contribution in [3.05, 3.63) is 68.2 Å². The fraction of sp³-hybridized carbons (Fsp3) is 0.250. The molecular formula is C16H17ClN2O2. The lowest BCUT2D eigenvalue weighted by atomic mass is 10.0. The van der Waals surface area contributed by atoms with Gasteiger partial charge < -0.3 is 5.32 Å². The molecule has 0 saturated carbocycles. The second-order valence-corrected chi connectivity index (χ2v) is 5.54. The molecule has 0 aliphatic carbocycles. The van der Waals surface area contributed by atoms with E-state index >= 15 is 0 Å². The highest BCUT2D eigenvalue weighted by molar-refractivity contribution is 6.32. The third-order valence-corrected chi connectivity index (χ3v) is 3.86. The average Bonchev–Trinajstić information content (AvgIpc) is 2.41. The van der Waals surface area contributed by atoms with Crippen LogP contribution in [0.15, 0.2) is 36.4 Å². The quantitative estimate of drug-likeness (QED) is 0.636. The van der Waals surface area contributed by atoms with E-state index in [1.54, 1.807) is 12.1 Å². The SMILES string of the molecule is Cc1ccc(C(C)Nc2ccc([N+](=O)[O-])c(Cl)c2)cc1C. The van der Waals surface area contributed by atoms with E-state index < -0.39 is 4.92 Å². The molecule has 0 radical (unpaired) electrons. The molecule has 2 aromatic rings. The van der Waals surface area contributed by atoms with E-state index in [1.807, 2.05) is 6.92 Å². The number of aryl methyl sites for hydroxylation is 2. The molecule has 2 rings (SSSR count). The van der Waals surface area contributed by atoms with Crippen LogP contribution in [0, 0.1) is 24.0 Å². The number of halogens is 1. The molecule has 0 aromatic heterocycles. The van der Waals surface area contributed by atoms with Crippen molar-refractivity contribution in [2.24, 2.45) is 0 Å². The molecule has 1 atom stereocenters. The van der Waals surface area contributed by atoms with Crippen LogP contribution in [-0.4, -0.2) is 4.92 Å². The van der Waals surface area contributed by atoms with Gasteiger partial charge in [-0.05, 0) is 49.6 Å². The summed E-state index contributed by atoms with van der Waals surface area (Å²) in [6.07, 6.45) is 0. The van der Waals surface area contributed by atoms with Crippen LogP contribution in [0.4, 0.5) is 11.4 Å². The van der Waals surface area contributed by atoms with E-state index in [4.69, 9.17) is 11.6 Å². The van der Waals surface area contributed by atoms with Gasteiger partial charge in [0.25, 0.3) is 5.69 Å². The Labute approximate surface area is 128 Å². The summed E-state index contributed by atoms with van der Waals surface area (Å²) in [4.78, 5) is 10.3. The Morgan fingerprint density at radius 1 is 1.14 bits per heavy atom. The van der Waals surface area contributed by atoms with E-state index in [-0.39, 0.29) is 16.8 Å². The molecule has 1 unspecified atom stereocenters. The van der Waals surface area contributed by atoms with E-state index in [0.29, 0.717) is 0 Å². The first-order valence-corrected chi connectivity index (χ1v) is 7.04. The van der Waals surface area contributed by atoms with Crippen LogP contribution in [-0.2, 0) is 0 Å². The first kappa shape index (κ1) is 15.3. The maximum absolute atomic E-state index is 10.7. The van der Waals surface area contributed by atoms with Crippen molar-refractivity contribution in [2.45, 2.75) is 26.8 Å². The Morgan fingerprint density at radius 3 is 2.43 bits per heavy atom. The Kier molecular flexibility index (Phi) is 4.48. The minimum absolute atomic E-state index is 0.0824. The number of hydrogen-bond donors (Lipinski definition) is 1. The summed E-state index contributed by atoms with van der Waals surface area (Å²) in [5, 5.41) is 14.2. The number of benzene rings is 2. The lowest BCUT2D eigenvalue weighted by Gasteiger charge is -2.17. The summed E-state index contributed by atoms with van der Waals surface area (Å²) in [7, 11) is 0. The molecule has 0 bridgehead atoms. The number of rotatable bonds is 4. The van der Waals surface area contributed by atoms with E-state index in [9.17, 15) is 10.1 Å². The highest BCUT2D eigenvalue weighted by atomic mass is 35.5. The predicted molar refractivity (Wildman–Crippen MR) is 86.1 cm³/mol. The van der Waals surface area contributed by atoms with Crippen molar-refractivity contribution in [3.8, 4) is 0 Å². The van der Waals surface area contributed by atoms with Crippen molar-refractivity contribution in [2.75, 3.05) is 5.32 Å². The maximum atomic E-state index is 10.7. The van der Waals surface area contributed by atoms with Crippen molar-refractivity contribution in [3.63, 3.8) is 0 Å². The predicted octanol–water partition coefficient (Wildman–Crippen LogP) is 5.04. The second-order valence-electron chi connectivity index (χ2n) is 5.13. The van der Waals surface area contributed by atoms with Gasteiger partial charge in [-0.15, -0.1) is 0 Å². The second kappa shape index (κ2) is 6.14. The summed E-state index contributed by atoms with van der Waals surface area (Å²) in [5.41, 5.74) is 4.33. The van der Waals surface area contributed by atoms with E-state index in [1.165, 1.54) is 17.2 Å². The van der Waals surface area contributed by atoms with Crippen molar-refractivity contribution >= 4 is 23.0 Å². The zero-order chi connectivity index (χ0) is 15.6. The van der Waals surface area contributed by atoms with Gasteiger partial charge in [-0.2, -0.15) is 0 Å². The van der Waals surface area contributed by atoms with Gasteiger partial charge in [-0.3, -0.25) is 10.1 Å². The molecule has 110 valence electrons. The fourth-order valence-corrected chi connectivity index (χ4v) is 2.36. The molecule has 21 heavy (non-hydrogen) atoms. The van der Waals surface area contributed by atoms with Crippen molar-refractivity contribution in [1.29, 1.82) is 0 Å². The van der Waals surface area contributed by atoms with Gasteiger partial charge in [0.1, 0.15) is 5.02 Å². The van der Waals surface area contributed by atoms with Gasteiger partial charge >= 0.3 is 0 Å². The summed E-state index contributed by atoms with van der Waals surface area (Å²) in [6.45, 7) is 6.20. The lowest BCUT2D eigenvalue weighted by molar-refractivity contribution is -0.384. The Hall–Kier alpha value is -2.07. The fourth-order valence-electron chi connectivity index (χ4n) is 2.11. The molecule has 5 heteroatoms. The first-order chi connectivity index (χ1) is 9.88. The Balaban J connectivity index is 2.19. The summed E-state index contributed by atoms with van der Waals surface area (Å²) < 4.78 is 0. The number of nitro groups is 1. The molecule has 0 aliphatic heterocycles. The summed E-state index contributed by atoms with van der Waals surface area (Å²) >= 11 is 5.92. The monoisotopic (exact) mass is 304 g/mol. The van der Waals surface area contributed by atoms with Gasteiger partial charge in [-0.1, -0.05) is 29.8 Å². The zero-order valence-corrected chi connectivity index (χ0v) is 12.9. The van der Waals surface area contributed by atoms with E-state index in [2.05, 4.69) is 37.4 Å². The van der Waals surface area contributed by atoms with Crippen LogP contribution >= 0.6 is 11.6 Å². The van der Waals surface area contributed by atoms with Crippen LogP contribution in [0.2, 0.25) is 5.02 Å². The maximum Gasteiger partial charge on any atom is 0.288 e.